The summed E-state index contributed by atoms with van der Waals surface area (Å²) in [5.41, 5.74) is 1.44. The van der Waals surface area contributed by atoms with Crippen molar-refractivity contribution in [3.8, 4) is 0 Å². The van der Waals surface area contributed by atoms with Crippen LogP contribution in [0.2, 0.25) is 0 Å². The van der Waals surface area contributed by atoms with E-state index < -0.39 is 11.8 Å². The molecular weight excluding hydrogens is 318 g/mol. The van der Waals surface area contributed by atoms with Gasteiger partial charge in [0.2, 0.25) is 0 Å². The van der Waals surface area contributed by atoms with Crippen LogP contribution in [-0.2, 0) is 9.59 Å². The van der Waals surface area contributed by atoms with Crippen LogP contribution in [0.1, 0.15) is 42.9 Å². The molecule has 2 atom stereocenters. The lowest BCUT2D eigenvalue weighted by atomic mass is 9.91. The third-order valence-electron chi connectivity index (χ3n) is 4.54. The van der Waals surface area contributed by atoms with Gasteiger partial charge in [-0.05, 0) is 56.4 Å². The summed E-state index contributed by atoms with van der Waals surface area (Å²) in [4.78, 5) is 30.8. The van der Waals surface area contributed by atoms with E-state index in [0.717, 1.165) is 29.9 Å². The summed E-state index contributed by atoms with van der Waals surface area (Å²) < 4.78 is 5.73. The molecule has 1 N–H and O–H groups in total. The molecule has 0 aromatic carbocycles. The fourth-order valence-electron chi connectivity index (χ4n) is 3.23. The molecule has 3 heterocycles. The summed E-state index contributed by atoms with van der Waals surface area (Å²) >= 11 is 0. The minimum atomic E-state index is -0.643. The molecule has 2 aromatic heterocycles. The Labute approximate surface area is 147 Å². The normalized spacial score (nSPS) is 20.4. The molecule has 2 amide bonds. The lowest BCUT2D eigenvalue weighted by Crippen LogP contribution is -2.45. The Morgan fingerprint density at radius 3 is 2.76 bits per heavy atom. The van der Waals surface area contributed by atoms with Gasteiger partial charge >= 0.3 is 11.8 Å². The maximum absolute atomic E-state index is 12.7. The molecule has 1 fully saturated rings. The van der Waals surface area contributed by atoms with Crippen molar-refractivity contribution >= 4 is 17.5 Å². The number of furan rings is 1. The van der Waals surface area contributed by atoms with E-state index >= 15 is 0 Å². The second kappa shape index (κ2) is 7.09. The summed E-state index contributed by atoms with van der Waals surface area (Å²) in [5.74, 6) is 0.838. The van der Waals surface area contributed by atoms with E-state index in [2.05, 4.69) is 17.2 Å². The molecule has 6 nitrogen and oxygen atoms in total. The molecule has 6 heteroatoms. The van der Waals surface area contributed by atoms with E-state index in [4.69, 9.17) is 4.42 Å². The minimum absolute atomic E-state index is 0.202. The summed E-state index contributed by atoms with van der Waals surface area (Å²) in [6.07, 6.45) is 4.89. The van der Waals surface area contributed by atoms with Crippen molar-refractivity contribution in [2.45, 2.75) is 39.7 Å². The fraction of sp³-hybridized carbons (Fsp3) is 0.421. The zero-order valence-electron chi connectivity index (χ0n) is 14.8. The van der Waals surface area contributed by atoms with E-state index in [-0.39, 0.29) is 6.04 Å². The van der Waals surface area contributed by atoms with E-state index in [1.165, 1.54) is 6.20 Å². The molecule has 132 valence electrons. The number of rotatable bonds is 2. The van der Waals surface area contributed by atoms with Crippen molar-refractivity contribution < 1.29 is 14.0 Å². The first-order chi connectivity index (χ1) is 11.9. The molecule has 1 aliphatic heterocycles. The Balaban J connectivity index is 1.77. The maximum Gasteiger partial charge on any atom is 0.313 e. The van der Waals surface area contributed by atoms with Crippen LogP contribution in [0.25, 0.3) is 0 Å². The van der Waals surface area contributed by atoms with Gasteiger partial charge in [0.15, 0.2) is 0 Å². The number of aromatic nitrogens is 1. The Morgan fingerprint density at radius 2 is 2.08 bits per heavy atom. The van der Waals surface area contributed by atoms with Crippen molar-refractivity contribution in [1.29, 1.82) is 0 Å². The molecule has 25 heavy (non-hydrogen) atoms. The molecule has 0 bridgehead atoms. The van der Waals surface area contributed by atoms with Gasteiger partial charge < -0.3 is 14.6 Å². The number of nitrogens with one attached hydrogen (secondary N) is 1. The van der Waals surface area contributed by atoms with Crippen molar-refractivity contribution in [2.24, 2.45) is 5.92 Å². The van der Waals surface area contributed by atoms with Gasteiger partial charge in [0.05, 0.1) is 17.9 Å². The van der Waals surface area contributed by atoms with Gasteiger partial charge in [0.1, 0.15) is 11.5 Å². The number of hydrogen-bond acceptors (Lipinski definition) is 4. The van der Waals surface area contributed by atoms with Crippen molar-refractivity contribution in [2.75, 3.05) is 11.9 Å². The van der Waals surface area contributed by atoms with Gasteiger partial charge in [-0.1, -0.05) is 6.92 Å². The minimum Gasteiger partial charge on any atom is -0.464 e. The van der Waals surface area contributed by atoms with Crippen molar-refractivity contribution in [3.05, 3.63) is 47.7 Å². The summed E-state index contributed by atoms with van der Waals surface area (Å²) in [6.45, 7) is 6.46. The number of piperidine rings is 1. The topological polar surface area (TPSA) is 75.4 Å². The molecular formula is C19H23N3O3. The first-order valence-electron chi connectivity index (χ1n) is 8.54. The molecule has 1 saturated heterocycles. The molecule has 2 unspecified atom stereocenters. The van der Waals surface area contributed by atoms with E-state index in [1.807, 2.05) is 26.0 Å². The molecule has 3 rings (SSSR count). The number of pyridine rings is 1. The highest BCUT2D eigenvalue weighted by Gasteiger charge is 2.35. The van der Waals surface area contributed by atoms with Crippen LogP contribution < -0.4 is 5.32 Å². The number of carbonyl (C=O) groups excluding carboxylic acids is 2. The number of likely N-dealkylation sites (tertiary alicyclic amines) is 1. The summed E-state index contributed by atoms with van der Waals surface area (Å²) in [5, 5.41) is 2.64. The molecule has 2 aromatic rings. The SMILES string of the molecule is Cc1cncc(NC(=O)C(=O)N2CCC(C)CC2c2ccc(C)o2)c1. The first-order valence-corrected chi connectivity index (χ1v) is 8.54. The molecule has 0 spiro atoms. The van der Waals surface area contributed by atoms with Crippen LogP contribution in [0.3, 0.4) is 0 Å². The highest BCUT2D eigenvalue weighted by molar-refractivity contribution is 6.39. The van der Waals surface area contributed by atoms with Gasteiger partial charge in [0.25, 0.3) is 0 Å². The predicted octanol–water partition coefficient (Wildman–Crippen LogP) is 3.23. The lowest BCUT2D eigenvalue weighted by Gasteiger charge is -2.36. The summed E-state index contributed by atoms with van der Waals surface area (Å²) in [7, 11) is 0. The Bertz CT molecular complexity index is 784. The van der Waals surface area contributed by atoms with Gasteiger partial charge in [-0.2, -0.15) is 0 Å². The average molecular weight is 341 g/mol. The second-order valence-corrected chi connectivity index (χ2v) is 6.80. The number of aryl methyl sites for hydroxylation is 2. The third kappa shape index (κ3) is 3.90. The van der Waals surface area contributed by atoms with Crippen molar-refractivity contribution in [3.63, 3.8) is 0 Å². The number of carbonyl (C=O) groups is 2. The zero-order valence-corrected chi connectivity index (χ0v) is 14.8. The number of anilines is 1. The largest absolute Gasteiger partial charge is 0.464 e. The van der Waals surface area contributed by atoms with E-state index in [9.17, 15) is 9.59 Å². The highest BCUT2D eigenvalue weighted by Crippen LogP contribution is 2.35. The van der Waals surface area contributed by atoms with Crippen LogP contribution in [-0.4, -0.2) is 28.2 Å². The number of amides is 2. The first kappa shape index (κ1) is 17.2. The quantitative estimate of drug-likeness (QED) is 0.851. The standard InChI is InChI=1S/C19H23N3O3/c1-12-6-7-22(16(9-12)17-5-4-14(3)25-17)19(24)18(23)21-15-8-13(2)10-20-11-15/h4-5,8,10-12,16H,6-7,9H2,1-3H3,(H,21,23). The van der Waals surface area contributed by atoms with Crippen LogP contribution in [0, 0.1) is 19.8 Å². The molecule has 0 saturated carbocycles. The Kier molecular flexibility index (Phi) is 4.88. The lowest BCUT2D eigenvalue weighted by molar-refractivity contribution is -0.146. The number of hydrogen-bond donors (Lipinski definition) is 1. The van der Waals surface area contributed by atoms with Crippen LogP contribution >= 0.6 is 0 Å². The zero-order chi connectivity index (χ0) is 18.0. The smallest absolute Gasteiger partial charge is 0.313 e. The highest BCUT2D eigenvalue weighted by atomic mass is 16.3. The maximum atomic E-state index is 12.7. The molecule has 0 radical (unpaired) electrons. The van der Waals surface area contributed by atoms with E-state index in [1.54, 1.807) is 17.2 Å². The Morgan fingerprint density at radius 1 is 1.28 bits per heavy atom. The Hall–Kier alpha value is -2.63. The van der Waals surface area contributed by atoms with Crippen LogP contribution in [0.15, 0.2) is 35.0 Å². The van der Waals surface area contributed by atoms with Gasteiger partial charge in [-0.15, -0.1) is 0 Å². The van der Waals surface area contributed by atoms with Crippen LogP contribution in [0.5, 0.6) is 0 Å². The second-order valence-electron chi connectivity index (χ2n) is 6.80. The molecule has 1 aliphatic rings. The fourth-order valence-corrected chi connectivity index (χ4v) is 3.23. The van der Waals surface area contributed by atoms with E-state index in [0.29, 0.717) is 18.2 Å². The molecule has 0 aliphatic carbocycles. The average Bonchev–Trinajstić information content (AvgIpc) is 3.00. The monoisotopic (exact) mass is 341 g/mol. The van der Waals surface area contributed by atoms with Gasteiger partial charge in [-0.25, -0.2) is 0 Å². The van der Waals surface area contributed by atoms with Gasteiger partial charge in [0, 0.05) is 12.7 Å². The predicted molar refractivity (Wildman–Crippen MR) is 93.9 cm³/mol. The summed E-state index contributed by atoms with van der Waals surface area (Å²) in [6, 6.07) is 5.35. The third-order valence-corrected chi connectivity index (χ3v) is 4.54. The van der Waals surface area contributed by atoms with Crippen molar-refractivity contribution in [1.82, 2.24) is 9.88 Å². The van der Waals surface area contributed by atoms with Gasteiger partial charge in [-0.3, -0.25) is 14.6 Å². The number of nitrogens with zero attached hydrogens (tertiary/aromatic N) is 2. The van der Waals surface area contributed by atoms with Crippen LogP contribution in [0.4, 0.5) is 5.69 Å².